The summed E-state index contributed by atoms with van der Waals surface area (Å²) in [5.74, 6) is 0.374. The standard InChI is InChI=1S/C17H21N3O2/c1-4-13-11-7-6-8-12(17(18)21)15(11)16-14(22-5-2)9-10(3)19-20(13)16/h8-9H,4-7H2,1-3H3,(H2,18,21). The van der Waals surface area contributed by atoms with Gasteiger partial charge in [0.15, 0.2) is 0 Å². The molecule has 2 aromatic rings. The highest BCUT2D eigenvalue weighted by molar-refractivity contribution is 6.22. The van der Waals surface area contributed by atoms with Gasteiger partial charge < -0.3 is 10.5 Å². The first kappa shape index (κ1) is 14.6. The first-order chi connectivity index (χ1) is 10.6. The number of nitrogens with zero attached hydrogens (tertiary/aromatic N) is 2. The highest BCUT2D eigenvalue weighted by Gasteiger charge is 2.28. The van der Waals surface area contributed by atoms with Crippen molar-refractivity contribution < 1.29 is 9.53 Å². The van der Waals surface area contributed by atoms with Crippen LogP contribution in [-0.4, -0.2) is 22.1 Å². The van der Waals surface area contributed by atoms with Crippen molar-refractivity contribution in [1.29, 1.82) is 0 Å². The Morgan fingerprint density at radius 3 is 2.86 bits per heavy atom. The number of fused-ring (bicyclic) bond motifs is 3. The maximum absolute atomic E-state index is 11.9. The molecule has 5 nitrogen and oxygen atoms in total. The second kappa shape index (κ2) is 5.48. The third-order valence-electron chi connectivity index (χ3n) is 4.10. The molecule has 2 N–H and O–H groups in total. The van der Waals surface area contributed by atoms with Crippen molar-refractivity contribution in [3.05, 3.63) is 34.7 Å². The van der Waals surface area contributed by atoms with E-state index in [-0.39, 0.29) is 5.91 Å². The zero-order chi connectivity index (χ0) is 15.9. The minimum Gasteiger partial charge on any atom is -0.492 e. The summed E-state index contributed by atoms with van der Waals surface area (Å²) in [7, 11) is 0. The first-order valence-electron chi connectivity index (χ1n) is 7.75. The van der Waals surface area contributed by atoms with Crippen molar-refractivity contribution in [2.24, 2.45) is 5.73 Å². The second-order valence-electron chi connectivity index (χ2n) is 5.52. The highest BCUT2D eigenvalue weighted by Crippen LogP contribution is 2.38. The molecule has 0 radical (unpaired) electrons. The van der Waals surface area contributed by atoms with E-state index >= 15 is 0 Å². The molecule has 5 heteroatoms. The largest absolute Gasteiger partial charge is 0.492 e. The Hall–Kier alpha value is -2.30. The molecular weight excluding hydrogens is 278 g/mol. The van der Waals surface area contributed by atoms with Crippen LogP contribution in [0.1, 0.15) is 42.8 Å². The lowest BCUT2D eigenvalue weighted by atomic mass is 9.90. The average Bonchev–Trinajstić information content (AvgIpc) is 2.80. The predicted octanol–water partition coefficient (Wildman–Crippen LogP) is 2.42. The van der Waals surface area contributed by atoms with Gasteiger partial charge in [0.1, 0.15) is 11.3 Å². The Morgan fingerprint density at radius 1 is 1.45 bits per heavy atom. The van der Waals surface area contributed by atoms with Crippen molar-refractivity contribution in [1.82, 2.24) is 9.61 Å². The van der Waals surface area contributed by atoms with E-state index in [2.05, 4.69) is 12.0 Å². The van der Waals surface area contributed by atoms with Crippen LogP contribution in [0.25, 0.3) is 11.1 Å². The molecule has 0 spiro atoms. The summed E-state index contributed by atoms with van der Waals surface area (Å²) in [5, 5.41) is 4.65. The molecule has 0 aliphatic heterocycles. The summed E-state index contributed by atoms with van der Waals surface area (Å²) in [6.07, 6.45) is 4.52. The normalized spacial score (nSPS) is 13.9. The fraction of sp³-hybridized carbons (Fsp3) is 0.412. The number of allylic oxidation sites excluding steroid dienone is 1. The molecule has 2 aromatic heterocycles. The lowest BCUT2D eigenvalue weighted by Crippen LogP contribution is -2.16. The molecule has 22 heavy (non-hydrogen) atoms. The molecule has 2 heterocycles. The van der Waals surface area contributed by atoms with Crippen LogP contribution in [0, 0.1) is 6.92 Å². The van der Waals surface area contributed by atoms with Gasteiger partial charge in [-0.05, 0) is 38.7 Å². The minimum absolute atomic E-state index is 0.390. The van der Waals surface area contributed by atoms with Crippen molar-refractivity contribution >= 4 is 17.0 Å². The number of hydrogen-bond donors (Lipinski definition) is 1. The molecule has 0 saturated carbocycles. The van der Waals surface area contributed by atoms with Gasteiger partial charge in [-0.1, -0.05) is 13.0 Å². The van der Waals surface area contributed by atoms with Gasteiger partial charge in [0, 0.05) is 22.9 Å². The second-order valence-corrected chi connectivity index (χ2v) is 5.52. The number of carbonyl (C=O) groups excluding carboxylic acids is 1. The fourth-order valence-corrected chi connectivity index (χ4v) is 3.31. The van der Waals surface area contributed by atoms with Gasteiger partial charge in [-0.3, -0.25) is 4.79 Å². The molecule has 0 atom stereocenters. The maximum Gasteiger partial charge on any atom is 0.249 e. The Kier molecular flexibility index (Phi) is 3.64. The van der Waals surface area contributed by atoms with Crippen LogP contribution in [0.5, 0.6) is 5.75 Å². The van der Waals surface area contributed by atoms with Crippen molar-refractivity contribution in [3.63, 3.8) is 0 Å². The Balaban J connectivity index is 2.43. The smallest absolute Gasteiger partial charge is 0.249 e. The summed E-state index contributed by atoms with van der Waals surface area (Å²) in [6.45, 7) is 6.57. The molecule has 0 unspecified atom stereocenters. The van der Waals surface area contributed by atoms with Gasteiger partial charge in [0.2, 0.25) is 5.91 Å². The summed E-state index contributed by atoms with van der Waals surface area (Å²) in [5.41, 5.74) is 11.2. The first-order valence-corrected chi connectivity index (χ1v) is 7.75. The molecule has 0 saturated heterocycles. The summed E-state index contributed by atoms with van der Waals surface area (Å²) < 4.78 is 7.75. The third kappa shape index (κ3) is 2.08. The molecule has 116 valence electrons. The number of aryl methyl sites for hydroxylation is 2. The quantitative estimate of drug-likeness (QED) is 0.942. The van der Waals surface area contributed by atoms with Gasteiger partial charge >= 0.3 is 0 Å². The lowest BCUT2D eigenvalue weighted by Gasteiger charge is -2.13. The van der Waals surface area contributed by atoms with Crippen LogP contribution >= 0.6 is 0 Å². The van der Waals surface area contributed by atoms with Crippen LogP contribution < -0.4 is 10.5 Å². The van der Waals surface area contributed by atoms with E-state index in [1.165, 1.54) is 5.56 Å². The van der Waals surface area contributed by atoms with E-state index in [0.717, 1.165) is 47.5 Å². The molecule has 1 amide bonds. The molecule has 1 aliphatic carbocycles. The van der Waals surface area contributed by atoms with E-state index in [4.69, 9.17) is 10.5 Å². The Morgan fingerprint density at radius 2 is 2.23 bits per heavy atom. The molecule has 0 fully saturated rings. The number of amides is 1. The van der Waals surface area contributed by atoms with Gasteiger partial charge in [-0.2, -0.15) is 5.10 Å². The van der Waals surface area contributed by atoms with Crippen molar-refractivity contribution in [2.75, 3.05) is 6.61 Å². The molecule has 0 aromatic carbocycles. The van der Waals surface area contributed by atoms with Crippen LogP contribution in [0.4, 0.5) is 0 Å². The van der Waals surface area contributed by atoms with Crippen molar-refractivity contribution in [2.45, 2.75) is 40.0 Å². The van der Waals surface area contributed by atoms with Gasteiger partial charge in [-0.25, -0.2) is 4.52 Å². The number of rotatable bonds is 4. The van der Waals surface area contributed by atoms with E-state index in [1.54, 1.807) is 0 Å². The average molecular weight is 299 g/mol. The zero-order valence-electron chi connectivity index (χ0n) is 13.3. The summed E-state index contributed by atoms with van der Waals surface area (Å²) >= 11 is 0. The molecule has 0 bridgehead atoms. The van der Waals surface area contributed by atoms with E-state index in [9.17, 15) is 4.79 Å². The van der Waals surface area contributed by atoms with Gasteiger partial charge in [-0.15, -0.1) is 0 Å². The van der Waals surface area contributed by atoms with Crippen LogP contribution in [-0.2, 0) is 17.6 Å². The van der Waals surface area contributed by atoms with E-state index in [0.29, 0.717) is 12.2 Å². The highest BCUT2D eigenvalue weighted by atomic mass is 16.5. The van der Waals surface area contributed by atoms with E-state index in [1.807, 2.05) is 30.5 Å². The predicted molar refractivity (Wildman–Crippen MR) is 86.0 cm³/mol. The lowest BCUT2D eigenvalue weighted by molar-refractivity contribution is -0.112. The summed E-state index contributed by atoms with van der Waals surface area (Å²) in [4.78, 5) is 11.9. The Bertz CT molecular complexity index is 787. The van der Waals surface area contributed by atoms with Gasteiger partial charge in [0.25, 0.3) is 0 Å². The van der Waals surface area contributed by atoms with Crippen LogP contribution in [0.3, 0.4) is 0 Å². The molecule has 1 aliphatic rings. The van der Waals surface area contributed by atoms with Crippen LogP contribution in [0.2, 0.25) is 0 Å². The SMILES string of the molecule is CCOc1cc(C)nn2c(CC)c3c(c12)C(C(N)=O)=CCC3. The molecular formula is C17H21N3O2. The van der Waals surface area contributed by atoms with Crippen LogP contribution in [0.15, 0.2) is 12.1 Å². The number of aromatic nitrogens is 2. The Labute approximate surface area is 129 Å². The zero-order valence-corrected chi connectivity index (χ0v) is 13.3. The topological polar surface area (TPSA) is 69.6 Å². The van der Waals surface area contributed by atoms with E-state index < -0.39 is 0 Å². The number of nitrogens with two attached hydrogens (primary N) is 1. The number of hydrogen-bond acceptors (Lipinski definition) is 3. The summed E-state index contributed by atoms with van der Waals surface area (Å²) in [6, 6.07) is 1.92. The number of ether oxygens (including phenoxy) is 1. The molecule has 3 rings (SSSR count). The monoisotopic (exact) mass is 299 g/mol. The fourth-order valence-electron chi connectivity index (χ4n) is 3.31. The third-order valence-corrected chi connectivity index (χ3v) is 4.10. The number of primary amides is 1. The maximum atomic E-state index is 11.9. The van der Waals surface area contributed by atoms with Crippen molar-refractivity contribution in [3.8, 4) is 5.75 Å². The minimum atomic E-state index is -0.390. The van der Waals surface area contributed by atoms with Gasteiger partial charge in [0.05, 0.1) is 12.3 Å². The number of carbonyl (C=O) groups is 1.